The Balaban J connectivity index is 2.76. The average molecular weight is 276 g/mol. The molecule has 1 rings (SSSR count). The first-order valence-corrected chi connectivity index (χ1v) is 7.25. The molecule has 0 amide bonds. The molecule has 3 heteroatoms. The zero-order chi connectivity index (χ0) is 14.8. The van der Waals surface area contributed by atoms with E-state index in [1.807, 2.05) is 25.1 Å². The van der Waals surface area contributed by atoms with Crippen LogP contribution in [0.25, 0.3) is 6.08 Å². The van der Waals surface area contributed by atoms with E-state index >= 15 is 0 Å². The molecule has 0 atom stereocenters. The monoisotopic (exact) mass is 276 g/mol. The van der Waals surface area contributed by atoms with Crippen LogP contribution < -0.4 is 9.47 Å². The minimum atomic E-state index is 0.0304. The van der Waals surface area contributed by atoms with Crippen molar-refractivity contribution in [3.8, 4) is 11.5 Å². The van der Waals surface area contributed by atoms with Crippen LogP contribution in [0.5, 0.6) is 11.5 Å². The number of carbonyl (C=O) groups excluding carboxylic acids is 1. The van der Waals surface area contributed by atoms with E-state index in [0.29, 0.717) is 13.2 Å². The van der Waals surface area contributed by atoms with Gasteiger partial charge in [-0.1, -0.05) is 31.9 Å². The molecular formula is C17H24O3. The standard InChI is InChI=1S/C17H24O3/c1-4-6-7-12-20-16-11-10-15(9-8-14(3)18)13-17(16)19-5-2/h8-11,13H,4-7,12H2,1-3H3/b9-8+. The number of ketones is 1. The molecule has 0 aliphatic carbocycles. The molecule has 110 valence electrons. The van der Waals surface area contributed by atoms with Gasteiger partial charge in [-0.05, 0) is 44.0 Å². The highest BCUT2D eigenvalue weighted by atomic mass is 16.5. The fraction of sp³-hybridized carbons (Fsp3) is 0.471. The molecule has 1 aromatic carbocycles. The van der Waals surface area contributed by atoms with Gasteiger partial charge in [0.05, 0.1) is 13.2 Å². The highest BCUT2D eigenvalue weighted by Gasteiger charge is 2.05. The largest absolute Gasteiger partial charge is 0.490 e. The summed E-state index contributed by atoms with van der Waals surface area (Å²) < 4.78 is 11.4. The van der Waals surface area contributed by atoms with Gasteiger partial charge in [0, 0.05) is 0 Å². The van der Waals surface area contributed by atoms with Crippen LogP contribution in [0, 0.1) is 0 Å². The van der Waals surface area contributed by atoms with Crippen molar-refractivity contribution in [2.75, 3.05) is 13.2 Å². The van der Waals surface area contributed by atoms with Crippen LogP contribution in [-0.4, -0.2) is 19.0 Å². The number of hydrogen-bond acceptors (Lipinski definition) is 3. The summed E-state index contributed by atoms with van der Waals surface area (Å²) in [5.74, 6) is 1.53. The third-order valence-corrected chi connectivity index (χ3v) is 2.78. The molecule has 0 unspecified atom stereocenters. The van der Waals surface area contributed by atoms with Gasteiger partial charge in [0.1, 0.15) is 0 Å². The van der Waals surface area contributed by atoms with Crippen molar-refractivity contribution in [3.05, 3.63) is 29.8 Å². The summed E-state index contributed by atoms with van der Waals surface area (Å²) in [5.41, 5.74) is 0.935. The third-order valence-electron chi connectivity index (χ3n) is 2.78. The molecule has 0 aliphatic rings. The van der Waals surface area contributed by atoms with Crippen LogP contribution >= 0.6 is 0 Å². The maximum absolute atomic E-state index is 11.0. The second kappa shape index (κ2) is 9.18. The van der Waals surface area contributed by atoms with Gasteiger partial charge >= 0.3 is 0 Å². The van der Waals surface area contributed by atoms with E-state index in [9.17, 15) is 4.79 Å². The summed E-state index contributed by atoms with van der Waals surface area (Å²) in [6.07, 6.45) is 6.73. The SMILES string of the molecule is CCCCCOc1ccc(/C=C/C(C)=O)cc1OCC. The zero-order valence-electron chi connectivity index (χ0n) is 12.6. The predicted molar refractivity (Wildman–Crippen MR) is 82.3 cm³/mol. The maximum Gasteiger partial charge on any atom is 0.161 e. The highest BCUT2D eigenvalue weighted by Crippen LogP contribution is 2.29. The van der Waals surface area contributed by atoms with Crippen molar-refractivity contribution < 1.29 is 14.3 Å². The Kier molecular flexibility index (Phi) is 7.48. The topological polar surface area (TPSA) is 35.5 Å². The number of carbonyl (C=O) groups is 1. The normalized spacial score (nSPS) is 10.8. The van der Waals surface area contributed by atoms with Crippen molar-refractivity contribution in [2.24, 2.45) is 0 Å². The molecule has 3 nitrogen and oxygen atoms in total. The van der Waals surface area contributed by atoms with Gasteiger partial charge in [-0.2, -0.15) is 0 Å². The lowest BCUT2D eigenvalue weighted by atomic mass is 10.1. The lowest BCUT2D eigenvalue weighted by molar-refractivity contribution is -0.112. The van der Waals surface area contributed by atoms with Crippen LogP contribution in [-0.2, 0) is 4.79 Å². The van der Waals surface area contributed by atoms with E-state index in [1.165, 1.54) is 19.8 Å². The van der Waals surface area contributed by atoms with E-state index in [0.717, 1.165) is 23.5 Å². The van der Waals surface area contributed by atoms with Crippen molar-refractivity contribution >= 4 is 11.9 Å². The minimum absolute atomic E-state index is 0.0304. The molecule has 0 aliphatic heterocycles. The summed E-state index contributed by atoms with van der Waals surface area (Å²) in [6, 6.07) is 5.73. The molecule has 0 heterocycles. The molecular weight excluding hydrogens is 252 g/mol. The average Bonchev–Trinajstić information content (AvgIpc) is 2.43. The first kappa shape index (κ1) is 16.3. The summed E-state index contributed by atoms with van der Waals surface area (Å²) in [7, 11) is 0. The van der Waals surface area contributed by atoms with Crippen LogP contribution in [0.1, 0.15) is 45.6 Å². The van der Waals surface area contributed by atoms with Crippen molar-refractivity contribution in [2.45, 2.75) is 40.0 Å². The van der Waals surface area contributed by atoms with Gasteiger partial charge in [-0.3, -0.25) is 4.79 Å². The lowest BCUT2D eigenvalue weighted by Crippen LogP contribution is -2.01. The summed E-state index contributed by atoms with van der Waals surface area (Å²) >= 11 is 0. The second-order valence-corrected chi connectivity index (χ2v) is 4.64. The Morgan fingerprint density at radius 3 is 2.60 bits per heavy atom. The fourth-order valence-electron chi connectivity index (χ4n) is 1.76. The van der Waals surface area contributed by atoms with E-state index in [-0.39, 0.29) is 5.78 Å². The van der Waals surface area contributed by atoms with Crippen LogP contribution in [0.3, 0.4) is 0 Å². The maximum atomic E-state index is 11.0. The zero-order valence-corrected chi connectivity index (χ0v) is 12.6. The van der Waals surface area contributed by atoms with Crippen LogP contribution in [0.4, 0.5) is 0 Å². The van der Waals surface area contributed by atoms with Gasteiger partial charge in [-0.15, -0.1) is 0 Å². The smallest absolute Gasteiger partial charge is 0.161 e. The molecule has 1 aromatic rings. The van der Waals surface area contributed by atoms with Gasteiger partial charge in [0.25, 0.3) is 0 Å². The van der Waals surface area contributed by atoms with Gasteiger partial charge in [0.15, 0.2) is 17.3 Å². The van der Waals surface area contributed by atoms with Gasteiger partial charge < -0.3 is 9.47 Å². The van der Waals surface area contributed by atoms with Gasteiger partial charge in [-0.25, -0.2) is 0 Å². The van der Waals surface area contributed by atoms with E-state index in [1.54, 1.807) is 12.2 Å². The Morgan fingerprint density at radius 1 is 1.15 bits per heavy atom. The number of benzene rings is 1. The Morgan fingerprint density at radius 2 is 1.95 bits per heavy atom. The molecule has 0 spiro atoms. The highest BCUT2D eigenvalue weighted by molar-refractivity contribution is 5.91. The minimum Gasteiger partial charge on any atom is -0.490 e. The second-order valence-electron chi connectivity index (χ2n) is 4.64. The van der Waals surface area contributed by atoms with Crippen molar-refractivity contribution in [3.63, 3.8) is 0 Å². The molecule has 0 bridgehead atoms. The summed E-state index contributed by atoms with van der Waals surface area (Å²) in [6.45, 7) is 6.94. The molecule has 0 radical (unpaired) electrons. The van der Waals surface area contributed by atoms with Crippen LogP contribution in [0.2, 0.25) is 0 Å². The third kappa shape index (κ3) is 5.91. The fourth-order valence-corrected chi connectivity index (χ4v) is 1.76. The lowest BCUT2D eigenvalue weighted by Gasteiger charge is -2.12. The van der Waals surface area contributed by atoms with E-state index in [4.69, 9.17) is 9.47 Å². The van der Waals surface area contributed by atoms with E-state index in [2.05, 4.69) is 6.92 Å². The molecule has 20 heavy (non-hydrogen) atoms. The molecule has 0 saturated carbocycles. The molecule has 0 fully saturated rings. The number of hydrogen-bond donors (Lipinski definition) is 0. The van der Waals surface area contributed by atoms with Crippen molar-refractivity contribution in [1.82, 2.24) is 0 Å². The summed E-state index contributed by atoms with van der Waals surface area (Å²) in [5, 5.41) is 0. The van der Waals surface area contributed by atoms with Crippen LogP contribution in [0.15, 0.2) is 24.3 Å². The molecule has 0 saturated heterocycles. The number of ether oxygens (including phenoxy) is 2. The number of allylic oxidation sites excluding steroid dienone is 1. The molecule has 0 aromatic heterocycles. The Hall–Kier alpha value is -1.77. The first-order chi connectivity index (χ1) is 9.67. The Bertz CT molecular complexity index is 450. The van der Waals surface area contributed by atoms with Crippen molar-refractivity contribution in [1.29, 1.82) is 0 Å². The summed E-state index contributed by atoms with van der Waals surface area (Å²) in [4.78, 5) is 11.0. The molecule has 0 N–H and O–H groups in total. The van der Waals surface area contributed by atoms with E-state index < -0.39 is 0 Å². The first-order valence-electron chi connectivity index (χ1n) is 7.25. The quantitative estimate of drug-likeness (QED) is 0.499. The Labute approximate surface area is 121 Å². The number of unbranched alkanes of at least 4 members (excludes halogenated alkanes) is 2. The van der Waals surface area contributed by atoms with Gasteiger partial charge in [0.2, 0.25) is 0 Å². The number of rotatable bonds is 9. The predicted octanol–water partition coefficient (Wildman–Crippen LogP) is 4.26.